The standard InChI is InChI=1S/C20H23N5O4/c1-10-7-11(2)22-20(21-10)25-16(8-12(3)24-25)23-17(26)9-28-19(27)18-13(4)14(5)29-15(18)6/h7-8H,9H2,1-6H3,(H,23,26). The largest absolute Gasteiger partial charge is 0.465 e. The number of amides is 1. The number of nitrogens with zero attached hydrogens (tertiary/aromatic N) is 4. The molecule has 0 spiro atoms. The number of carbonyl (C=O) groups is 2. The molecule has 3 heterocycles. The minimum Gasteiger partial charge on any atom is -0.465 e. The Morgan fingerprint density at radius 3 is 2.24 bits per heavy atom. The predicted molar refractivity (Wildman–Crippen MR) is 105 cm³/mol. The summed E-state index contributed by atoms with van der Waals surface area (Å²) in [7, 11) is 0. The Hall–Kier alpha value is -3.49. The van der Waals surface area contributed by atoms with Crippen LogP contribution in [-0.2, 0) is 9.53 Å². The lowest BCUT2D eigenvalue weighted by Gasteiger charge is -2.09. The van der Waals surface area contributed by atoms with E-state index in [1.807, 2.05) is 19.9 Å². The van der Waals surface area contributed by atoms with Crippen molar-refractivity contribution in [3.63, 3.8) is 0 Å². The number of ether oxygens (including phenoxy) is 1. The van der Waals surface area contributed by atoms with Crippen molar-refractivity contribution in [3.8, 4) is 5.95 Å². The van der Waals surface area contributed by atoms with Gasteiger partial charge in [0.2, 0.25) is 0 Å². The van der Waals surface area contributed by atoms with Crippen LogP contribution in [0.25, 0.3) is 5.95 Å². The zero-order valence-electron chi connectivity index (χ0n) is 17.3. The van der Waals surface area contributed by atoms with E-state index in [1.54, 1.807) is 33.8 Å². The van der Waals surface area contributed by atoms with E-state index in [9.17, 15) is 9.59 Å². The van der Waals surface area contributed by atoms with Gasteiger partial charge in [-0.2, -0.15) is 9.78 Å². The molecule has 152 valence electrons. The molecule has 0 aliphatic heterocycles. The Bertz CT molecular complexity index is 1080. The van der Waals surface area contributed by atoms with Gasteiger partial charge in [0.1, 0.15) is 22.9 Å². The van der Waals surface area contributed by atoms with Gasteiger partial charge in [-0.15, -0.1) is 0 Å². The van der Waals surface area contributed by atoms with Crippen LogP contribution in [-0.4, -0.2) is 38.2 Å². The van der Waals surface area contributed by atoms with E-state index < -0.39 is 18.5 Å². The Labute approximate surface area is 168 Å². The highest BCUT2D eigenvalue weighted by molar-refractivity contribution is 5.96. The SMILES string of the molecule is Cc1cc(C)nc(-n2nc(C)cc2NC(=O)COC(=O)c2c(C)oc(C)c2C)n1. The number of hydrogen-bond donors (Lipinski definition) is 1. The Morgan fingerprint density at radius 2 is 1.66 bits per heavy atom. The highest BCUT2D eigenvalue weighted by Crippen LogP contribution is 2.21. The maximum atomic E-state index is 12.4. The topological polar surface area (TPSA) is 112 Å². The molecule has 0 saturated carbocycles. The molecular weight excluding hydrogens is 374 g/mol. The van der Waals surface area contributed by atoms with Crippen LogP contribution in [0.1, 0.15) is 44.5 Å². The van der Waals surface area contributed by atoms with Crippen LogP contribution in [0.4, 0.5) is 5.82 Å². The summed E-state index contributed by atoms with van der Waals surface area (Å²) in [6.07, 6.45) is 0. The lowest BCUT2D eigenvalue weighted by atomic mass is 10.1. The Morgan fingerprint density at radius 1 is 1.00 bits per heavy atom. The van der Waals surface area contributed by atoms with Crippen LogP contribution in [0.15, 0.2) is 16.5 Å². The zero-order chi connectivity index (χ0) is 21.3. The monoisotopic (exact) mass is 397 g/mol. The van der Waals surface area contributed by atoms with E-state index in [2.05, 4.69) is 20.4 Å². The maximum absolute atomic E-state index is 12.4. The molecule has 0 aromatic carbocycles. The van der Waals surface area contributed by atoms with Crippen molar-refractivity contribution in [1.82, 2.24) is 19.7 Å². The summed E-state index contributed by atoms with van der Waals surface area (Å²) in [4.78, 5) is 33.4. The van der Waals surface area contributed by atoms with E-state index >= 15 is 0 Å². The van der Waals surface area contributed by atoms with Crippen LogP contribution >= 0.6 is 0 Å². The Balaban J connectivity index is 1.72. The number of aromatic nitrogens is 4. The lowest BCUT2D eigenvalue weighted by molar-refractivity contribution is -0.119. The highest BCUT2D eigenvalue weighted by atomic mass is 16.5. The molecule has 1 N–H and O–H groups in total. The molecule has 9 nitrogen and oxygen atoms in total. The van der Waals surface area contributed by atoms with Gasteiger partial charge in [-0.3, -0.25) is 4.79 Å². The summed E-state index contributed by atoms with van der Waals surface area (Å²) in [5.41, 5.74) is 3.30. The third-order valence-corrected chi connectivity index (χ3v) is 4.36. The van der Waals surface area contributed by atoms with Crippen LogP contribution < -0.4 is 5.32 Å². The molecule has 0 unspecified atom stereocenters. The van der Waals surface area contributed by atoms with Gasteiger partial charge < -0.3 is 14.5 Å². The van der Waals surface area contributed by atoms with Gasteiger partial charge in [0.15, 0.2) is 6.61 Å². The van der Waals surface area contributed by atoms with Gasteiger partial charge in [-0.05, 0) is 47.6 Å². The first-order valence-corrected chi connectivity index (χ1v) is 9.08. The van der Waals surface area contributed by atoms with Crippen molar-refractivity contribution in [1.29, 1.82) is 0 Å². The Kier molecular flexibility index (Phi) is 5.49. The van der Waals surface area contributed by atoms with Crippen molar-refractivity contribution >= 4 is 17.7 Å². The molecule has 3 aromatic heterocycles. The summed E-state index contributed by atoms with van der Waals surface area (Å²) in [6.45, 7) is 10.3. The third kappa shape index (κ3) is 4.34. The number of hydrogen-bond acceptors (Lipinski definition) is 7. The minimum absolute atomic E-state index is 0.347. The van der Waals surface area contributed by atoms with Crippen LogP contribution in [0.5, 0.6) is 0 Å². The van der Waals surface area contributed by atoms with Crippen LogP contribution in [0.3, 0.4) is 0 Å². The summed E-state index contributed by atoms with van der Waals surface area (Å²) < 4.78 is 12.0. The van der Waals surface area contributed by atoms with E-state index in [0.717, 1.165) is 11.4 Å². The highest BCUT2D eigenvalue weighted by Gasteiger charge is 2.21. The van der Waals surface area contributed by atoms with Crippen molar-refractivity contribution in [2.24, 2.45) is 0 Å². The fourth-order valence-electron chi connectivity index (χ4n) is 3.02. The van der Waals surface area contributed by atoms with Gasteiger partial charge >= 0.3 is 5.97 Å². The molecule has 0 saturated heterocycles. The molecule has 0 aliphatic carbocycles. The van der Waals surface area contributed by atoms with Crippen molar-refractivity contribution < 1.29 is 18.7 Å². The van der Waals surface area contributed by atoms with Crippen LogP contribution in [0, 0.1) is 41.5 Å². The van der Waals surface area contributed by atoms with Gasteiger partial charge in [-0.1, -0.05) is 0 Å². The summed E-state index contributed by atoms with van der Waals surface area (Å²) >= 11 is 0. The first-order valence-electron chi connectivity index (χ1n) is 9.08. The van der Waals surface area contributed by atoms with Gasteiger partial charge in [0.05, 0.1) is 5.69 Å². The first kappa shape index (κ1) is 20.2. The smallest absolute Gasteiger partial charge is 0.342 e. The average molecular weight is 397 g/mol. The van der Waals surface area contributed by atoms with Crippen molar-refractivity contribution in [3.05, 3.63) is 51.9 Å². The molecule has 0 aliphatic rings. The quantitative estimate of drug-likeness (QED) is 0.659. The zero-order valence-corrected chi connectivity index (χ0v) is 17.3. The number of carbonyl (C=O) groups excluding carboxylic acids is 2. The van der Waals surface area contributed by atoms with E-state index in [0.29, 0.717) is 40.1 Å². The van der Waals surface area contributed by atoms with Crippen molar-refractivity contribution in [2.45, 2.75) is 41.5 Å². The second-order valence-electron chi connectivity index (χ2n) is 6.87. The molecule has 0 bridgehead atoms. The first-order chi connectivity index (χ1) is 13.7. The molecule has 29 heavy (non-hydrogen) atoms. The number of furan rings is 1. The fourth-order valence-corrected chi connectivity index (χ4v) is 3.02. The van der Waals surface area contributed by atoms with E-state index in [4.69, 9.17) is 9.15 Å². The summed E-state index contributed by atoms with van der Waals surface area (Å²) in [5, 5.41) is 7.03. The average Bonchev–Trinajstić information content (AvgIpc) is 3.11. The molecule has 3 aromatic rings. The predicted octanol–water partition coefficient (Wildman–Crippen LogP) is 2.90. The second kappa shape index (κ2) is 7.86. The van der Waals surface area contributed by atoms with Gasteiger partial charge in [0.25, 0.3) is 11.9 Å². The molecule has 1 amide bonds. The number of anilines is 1. The molecule has 9 heteroatoms. The molecule has 0 fully saturated rings. The fraction of sp³-hybridized carbons (Fsp3) is 0.350. The van der Waals surface area contributed by atoms with Gasteiger partial charge in [0, 0.05) is 23.0 Å². The van der Waals surface area contributed by atoms with Gasteiger partial charge in [-0.25, -0.2) is 14.8 Å². The number of esters is 1. The molecule has 0 radical (unpaired) electrons. The lowest BCUT2D eigenvalue weighted by Crippen LogP contribution is -2.23. The number of rotatable bonds is 5. The molecular formula is C20H23N5O4. The summed E-state index contributed by atoms with van der Waals surface area (Å²) in [6, 6.07) is 3.54. The number of nitrogens with one attached hydrogen (secondary N) is 1. The normalized spacial score (nSPS) is 10.8. The summed E-state index contributed by atoms with van der Waals surface area (Å²) in [5.74, 6) is 0.745. The van der Waals surface area contributed by atoms with Crippen molar-refractivity contribution in [2.75, 3.05) is 11.9 Å². The van der Waals surface area contributed by atoms with E-state index in [-0.39, 0.29) is 0 Å². The maximum Gasteiger partial charge on any atom is 0.342 e. The molecule has 0 atom stereocenters. The van der Waals surface area contributed by atoms with E-state index in [1.165, 1.54) is 4.68 Å². The minimum atomic E-state index is -0.602. The number of aryl methyl sites for hydroxylation is 5. The third-order valence-electron chi connectivity index (χ3n) is 4.36. The molecule has 3 rings (SSSR count). The van der Waals surface area contributed by atoms with Crippen LogP contribution in [0.2, 0.25) is 0 Å². The second-order valence-corrected chi connectivity index (χ2v) is 6.87.